The summed E-state index contributed by atoms with van der Waals surface area (Å²) in [6.07, 6.45) is -7.54. The van der Waals surface area contributed by atoms with Gasteiger partial charge in [-0.3, -0.25) is 10.2 Å². The number of nitrogens with one attached hydrogen (secondary N) is 2. The Kier molecular flexibility index (Phi) is 12.1. The molecule has 11 heteroatoms. The molecule has 163 valence electrons. The zero-order valence-electron chi connectivity index (χ0n) is 15.3. The van der Waals surface area contributed by atoms with Gasteiger partial charge in [0.25, 0.3) is 5.91 Å². The number of carbonyl (C=O) groups excluding carboxylic acids is 1. The van der Waals surface area contributed by atoms with Crippen LogP contribution in [0.2, 0.25) is 0 Å². The van der Waals surface area contributed by atoms with Gasteiger partial charge in [-0.05, 0) is 35.4 Å². The topological polar surface area (TPSA) is 206 Å². The van der Waals surface area contributed by atoms with Crippen molar-refractivity contribution in [1.82, 2.24) is 11.3 Å². The summed E-state index contributed by atoms with van der Waals surface area (Å²) in [7, 11) is 0. The van der Waals surface area contributed by atoms with Crippen molar-refractivity contribution in [2.24, 2.45) is 0 Å². The van der Waals surface area contributed by atoms with Crippen LogP contribution in [0.5, 0.6) is 0 Å². The van der Waals surface area contributed by atoms with Gasteiger partial charge in [-0.2, -0.15) is 5.84 Å². The number of rotatable bonds is 6. The maximum Gasteiger partial charge on any atom is 0.266 e. The Morgan fingerprint density at radius 1 is 0.862 bits per heavy atom. The van der Waals surface area contributed by atoms with Gasteiger partial charge in [0.05, 0.1) is 6.61 Å². The van der Waals surface area contributed by atoms with E-state index in [9.17, 15) is 4.79 Å². The number of aliphatic hydroxyl groups excluding tert-OH is 5. The van der Waals surface area contributed by atoms with Crippen LogP contribution in [0.25, 0.3) is 11.1 Å². The standard InChI is InChI=1S/C12H12N2.C6H13N2O6.Ni/c13-11-5-1-9(2-6-11)10-3-7-12(14)8-4-10;7-8-6(14)5(13)4(12)3(11)2(10)1-9;/h1-8H,13-14H2;2-5,7,9-13H,1H2,(H,8,14);/t;2-,3-,4+,5-;/m.1./s1. The van der Waals surface area contributed by atoms with Crippen LogP contribution in [0, 0.1) is 0 Å². The van der Waals surface area contributed by atoms with Crippen LogP contribution in [-0.2, 0) is 21.3 Å². The largest absolute Gasteiger partial charge is 0.399 e. The molecule has 0 heterocycles. The van der Waals surface area contributed by atoms with Crippen LogP contribution in [0.3, 0.4) is 0 Å². The average molecular weight is 452 g/mol. The zero-order valence-corrected chi connectivity index (χ0v) is 16.2. The SMILES string of the molecule is Nc1ccc(-c2ccc(N)cc2)cc1.[NH]NC(=O)[C@H](O)[C@@H](O)[C@H](O)[C@H](O)CO.[Ni]. The Morgan fingerprint density at radius 3 is 1.55 bits per heavy atom. The molecule has 2 aromatic carbocycles. The molecule has 29 heavy (non-hydrogen) atoms. The second-order valence-corrected chi connectivity index (χ2v) is 5.91. The van der Waals surface area contributed by atoms with Gasteiger partial charge in [0.1, 0.15) is 18.3 Å². The maximum atomic E-state index is 10.6. The summed E-state index contributed by atoms with van der Waals surface area (Å²) in [4.78, 5) is 10.6. The van der Waals surface area contributed by atoms with Gasteiger partial charge in [0.2, 0.25) is 0 Å². The minimum atomic E-state index is -2.04. The molecule has 0 bridgehead atoms. The first-order valence-electron chi connectivity index (χ1n) is 8.22. The van der Waals surface area contributed by atoms with Crippen LogP contribution in [0.4, 0.5) is 11.4 Å². The number of aliphatic hydroxyl groups is 5. The number of benzene rings is 2. The summed E-state index contributed by atoms with van der Waals surface area (Å²) < 4.78 is 0. The molecule has 0 aromatic heterocycles. The van der Waals surface area contributed by atoms with Crippen LogP contribution in [0.1, 0.15) is 0 Å². The van der Waals surface area contributed by atoms with E-state index in [1.807, 2.05) is 48.5 Å². The molecule has 0 aliphatic carbocycles. The summed E-state index contributed by atoms with van der Waals surface area (Å²) in [5, 5.41) is 44.3. The molecule has 1 radical (unpaired) electrons. The Hall–Kier alpha value is -2.24. The zero-order chi connectivity index (χ0) is 21.3. The molecule has 0 fully saturated rings. The van der Waals surface area contributed by atoms with Gasteiger partial charge >= 0.3 is 0 Å². The maximum absolute atomic E-state index is 10.6. The monoisotopic (exact) mass is 451 g/mol. The summed E-state index contributed by atoms with van der Waals surface area (Å²) >= 11 is 0. The number of nitrogens with two attached hydrogens (primary N) is 2. The smallest absolute Gasteiger partial charge is 0.266 e. The Balaban J connectivity index is 0.000000523. The van der Waals surface area contributed by atoms with Crippen molar-refractivity contribution in [2.45, 2.75) is 24.4 Å². The second kappa shape index (κ2) is 13.1. The third kappa shape index (κ3) is 8.34. The summed E-state index contributed by atoms with van der Waals surface area (Å²) in [6.45, 7) is -0.826. The van der Waals surface area contributed by atoms with E-state index in [0.29, 0.717) is 0 Å². The van der Waals surface area contributed by atoms with Crippen molar-refractivity contribution >= 4 is 17.3 Å². The number of carbonyl (C=O) groups is 1. The van der Waals surface area contributed by atoms with E-state index in [0.717, 1.165) is 22.5 Å². The fourth-order valence-electron chi connectivity index (χ4n) is 2.10. The van der Waals surface area contributed by atoms with Crippen LogP contribution in [-0.4, -0.2) is 62.5 Å². The predicted molar refractivity (Wildman–Crippen MR) is 103 cm³/mol. The fraction of sp³-hybridized carbons (Fsp3) is 0.278. The van der Waals surface area contributed by atoms with Crippen LogP contribution < -0.4 is 22.7 Å². The summed E-state index contributed by atoms with van der Waals surface area (Å²) in [5.41, 5.74) is 16.4. The Morgan fingerprint density at radius 2 is 1.24 bits per heavy atom. The van der Waals surface area contributed by atoms with Gasteiger partial charge in [-0.15, -0.1) is 0 Å². The minimum Gasteiger partial charge on any atom is -0.399 e. The van der Waals surface area contributed by atoms with Crippen molar-refractivity contribution in [3.8, 4) is 11.1 Å². The molecule has 2 rings (SSSR count). The first-order chi connectivity index (χ1) is 13.2. The van der Waals surface area contributed by atoms with E-state index in [1.165, 1.54) is 5.43 Å². The first kappa shape index (κ1) is 26.8. The van der Waals surface area contributed by atoms with Gasteiger partial charge in [-0.25, -0.2) is 0 Å². The van der Waals surface area contributed by atoms with Crippen molar-refractivity contribution in [3.05, 3.63) is 48.5 Å². The number of hydrogen-bond donors (Lipinski definition) is 8. The molecule has 0 unspecified atom stereocenters. The normalized spacial score (nSPS) is 14.3. The molecule has 0 spiro atoms. The minimum absolute atomic E-state index is 0. The molecule has 4 atom stereocenters. The van der Waals surface area contributed by atoms with E-state index in [-0.39, 0.29) is 16.5 Å². The number of nitrogen functional groups attached to an aromatic ring is 2. The van der Waals surface area contributed by atoms with E-state index >= 15 is 0 Å². The molecule has 0 saturated carbocycles. The van der Waals surface area contributed by atoms with E-state index in [1.54, 1.807) is 0 Å². The third-order valence-electron chi connectivity index (χ3n) is 3.80. The molecule has 0 saturated heterocycles. The van der Waals surface area contributed by atoms with Crippen molar-refractivity contribution in [3.63, 3.8) is 0 Å². The van der Waals surface area contributed by atoms with Gasteiger partial charge in [0, 0.05) is 27.9 Å². The van der Waals surface area contributed by atoms with Crippen molar-refractivity contribution in [1.29, 1.82) is 0 Å². The Labute approximate surface area is 177 Å². The molecule has 2 aromatic rings. The quantitative estimate of drug-likeness (QED) is 0.143. The number of anilines is 2. The summed E-state index contributed by atoms with van der Waals surface area (Å²) in [5.74, 6) is 5.14. The number of amides is 1. The van der Waals surface area contributed by atoms with Gasteiger partial charge in [0.15, 0.2) is 6.10 Å². The fourth-order valence-corrected chi connectivity index (χ4v) is 2.10. The van der Waals surface area contributed by atoms with E-state index in [4.69, 9.17) is 42.8 Å². The number of hydrogen-bond acceptors (Lipinski definition) is 8. The van der Waals surface area contributed by atoms with Gasteiger partial charge in [-0.1, -0.05) is 24.3 Å². The molecule has 1 amide bonds. The van der Waals surface area contributed by atoms with Crippen LogP contribution in [0.15, 0.2) is 48.5 Å². The van der Waals surface area contributed by atoms with E-state index in [2.05, 4.69) is 0 Å². The van der Waals surface area contributed by atoms with Gasteiger partial charge < -0.3 is 37.0 Å². The molecule has 11 N–H and O–H groups in total. The molecular weight excluding hydrogens is 427 g/mol. The molecule has 0 aliphatic rings. The molecule has 10 nitrogen and oxygen atoms in total. The van der Waals surface area contributed by atoms with Crippen LogP contribution >= 0.6 is 0 Å². The molecular formula is C18H25N4NiO6. The predicted octanol–water partition coefficient (Wildman–Crippen LogP) is -1.75. The second-order valence-electron chi connectivity index (χ2n) is 5.91. The molecule has 0 aliphatic heterocycles. The first-order valence-corrected chi connectivity index (χ1v) is 8.22. The van der Waals surface area contributed by atoms with Crippen molar-refractivity contribution in [2.75, 3.05) is 18.1 Å². The Bertz CT molecular complexity index is 689. The van der Waals surface area contributed by atoms with Crippen molar-refractivity contribution < 1.29 is 46.8 Å². The summed E-state index contributed by atoms with van der Waals surface area (Å²) in [6, 6.07) is 15.6. The van der Waals surface area contributed by atoms with E-state index < -0.39 is 36.9 Å². The third-order valence-corrected chi connectivity index (χ3v) is 3.80. The average Bonchev–Trinajstić information content (AvgIpc) is 2.72.